The molecule has 0 atom stereocenters. The minimum absolute atomic E-state index is 0.108. The van der Waals surface area contributed by atoms with E-state index in [1.807, 2.05) is 11.3 Å². The fraction of sp³-hybridized carbons (Fsp3) is 0.824. The van der Waals surface area contributed by atoms with Crippen LogP contribution >= 0.6 is 11.3 Å². The summed E-state index contributed by atoms with van der Waals surface area (Å²) in [5, 5.41) is 4.68. The highest BCUT2D eigenvalue weighted by molar-refractivity contribution is 7.15. The van der Waals surface area contributed by atoms with Crippen molar-refractivity contribution in [1.82, 2.24) is 10.3 Å². The molecule has 0 aliphatic rings. The van der Waals surface area contributed by atoms with Gasteiger partial charge in [-0.25, -0.2) is 4.98 Å². The molecule has 0 saturated heterocycles. The second kappa shape index (κ2) is 8.14. The van der Waals surface area contributed by atoms with Crippen molar-refractivity contribution in [2.24, 2.45) is 5.92 Å². The molecule has 1 rings (SSSR count). The van der Waals surface area contributed by atoms with Gasteiger partial charge in [0, 0.05) is 30.4 Å². The summed E-state index contributed by atoms with van der Waals surface area (Å²) in [5.74, 6) is 0.736. The first kappa shape index (κ1) is 18.4. The Morgan fingerprint density at radius 3 is 2.48 bits per heavy atom. The topological polar surface area (TPSA) is 28.2 Å². The van der Waals surface area contributed by atoms with Crippen LogP contribution in [-0.4, -0.2) is 25.1 Å². The molecule has 0 radical (unpaired) electrons. The Hall–Kier alpha value is -0.610. The van der Waals surface area contributed by atoms with Crippen molar-refractivity contribution >= 4 is 16.5 Å². The minimum Gasteiger partial charge on any atom is -0.351 e. The number of rotatable bonds is 8. The predicted octanol–water partition coefficient (Wildman–Crippen LogP) is 4.42. The first-order valence-electron chi connectivity index (χ1n) is 8.17. The van der Waals surface area contributed by atoms with Gasteiger partial charge in [-0.3, -0.25) is 0 Å². The Morgan fingerprint density at radius 2 is 1.95 bits per heavy atom. The number of thiazole rings is 1. The lowest BCUT2D eigenvalue weighted by Gasteiger charge is -2.19. The van der Waals surface area contributed by atoms with Gasteiger partial charge >= 0.3 is 0 Å². The van der Waals surface area contributed by atoms with Gasteiger partial charge < -0.3 is 10.2 Å². The maximum Gasteiger partial charge on any atom is 0.185 e. The van der Waals surface area contributed by atoms with Crippen LogP contribution in [0, 0.1) is 5.92 Å². The second-order valence-corrected chi connectivity index (χ2v) is 8.36. The first-order chi connectivity index (χ1) is 9.75. The average molecular weight is 312 g/mol. The molecule has 0 amide bonds. The zero-order valence-corrected chi connectivity index (χ0v) is 15.7. The van der Waals surface area contributed by atoms with Crippen LogP contribution in [0.2, 0.25) is 0 Å². The van der Waals surface area contributed by atoms with Gasteiger partial charge in [-0.05, 0) is 25.3 Å². The summed E-state index contributed by atoms with van der Waals surface area (Å²) in [6, 6.07) is 0. The maximum atomic E-state index is 4.94. The van der Waals surface area contributed by atoms with E-state index in [0.29, 0.717) is 0 Å². The number of aromatic nitrogens is 1. The van der Waals surface area contributed by atoms with E-state index >= 15 is 0 Å². The molecule has 0 spiro atoms. The van der Waals surface area contributed by atoms with Gasteiger partial charge in [0.15, 0.2) is 5.13 Å². The van der Waals surface area contributed by atoms with Crippen LogP contribution in [0.25, 0.3) is 0 Å². The molecule has 1 heterocycles. The summed E-state index contributed by atoms with van der Waals surface area (Å²) < 4.78 is 0. The molecule has 0 fully saturated rings. The molecule has 3 nitrogen and oxygen atoms in total. The number of nitrogens with zero attached hydrogens (tertiary/aromatic N) is 2. The molecular weight excluding hydrogens is 278 g/mol. The van der Waals surface area contributed by atoms with Crippen molar-refractivity contribution in [2.45, 2.75) is 66.3 Å². The Morgan fingerprint density at radius 1 is 1.29 bits per heavy atom. The standard InChI is InChI=1S/C17H33N3S/c1-8-10-18-12-14-15(17(4,5)6)19-16(21-14)20(7)11-9-13(2)3/h13,18H,8-12H2,1-7H3. The van der Waals surface area contributed by atoms with Crippen LogP contribution in [0.4, 0.5) is 5.13 Å². The zero-order chi connectivity index (χ0) is 16.0. The molecule has 0 aliphatic carbocycles. The van der Waals surface area contributed by atoms with E-state index in [1.165, 1.54) is 23.4 Å². The molecule has 0 bridgehead atoms. The highest BCUT2D eigenvalue weighted by Crippen LogP contribution is 2.33. The largest absolute Gasteiger partial charge is 0.351 e. The minimum atomic E-state index is 0.108. The molecular formula is C17H33N3S. The molecule has 0 saturated carbocycles. The van der Waals surface area contributed by atoms with Gasteiger partial charge in [-0.2, -0.15) is 0 Å². The van der Waals surface area contributed by atoms with Crippen LogP contribution in [0.15, 0.2) is 0 Å². The molecule has 4 heteroatoms. The van der Waals surface area contributed by atoms with Gasteiger partial charge in [0.1, 0.15) is 0 Å². The lowest BCUT2D eigenvalue weighted by Crippen LogP contribution is -2.21. The molecule has 21 heavy (non-hydrogen) atoms. The van der Waals surface area contributed by atoms with Gasteiger partial charge in [0.05, 0.1) is 5.69 Å². The van der Waals surface area contributed by atoms with E-state index in [9.17, 15) is 0 Å². The van der Waals surface area contributed by atoms with E-state index in [-0.39, 0.29) is 5.41 Å². The van der Waals surface area contributed by atoms with Crippen LogP contribution < -0.4 is 10.2 Å². The van der Waals surface area contributed by atoms with Crippen LogP contribution in [0.5, 0.6) is 0 Å². The van der Waals surface area contributed by atoms with Gasteiger partial charge in [0.25, 0.3) is 0 Å². The third-order valence-corrected chi connectivity index (χ3v) is 4.65. The van der Waals surface area contributed by atoms with E-state index < -0.39 is 0 Å². The molecule has 0 aliphatic heterocycles. The Balaban J connectivity index is 2.86. The zero-order valence-electron chi connectivity index (χ0n) is 14.9. The SMILES string of the molecule is CCCNCc1sc(N(C)CCC(C)C)nc1C(C)(C)C. The van der Waals surface area contributed by atoms with Gasteiger partial charge in [-0.1, -0.05) is 41.5 Å². The molecule has 0 unspecified atom stereocenters. The lowest BCUT2D eigenvalue weighted by atomic mass is 9.91. The third kappa shape index (κ3) is 5.95. The maximum absolute atomic E-state index is 4.94. The third-order valence-electron chi connectivity index (χ3n) is 3.48. The fourth-order valence-corrected chi connectivity index (χ4v) is 3.36. The number of anilines is 1. The smallest absolute Gasteiger partial charge is 0.185 e. The van der Waals surface area contributed by atoms with Crippen LogP contribution in [-0.2, 0) is 12.0 Å². The van der Waals surface area contributed by atoms with Gasteiger partial charge in [0.2, 0.25) is 0 Å². The van der Waals surface area contributed by atoms with Crippen molar-refractivity contribution in [3.05, 3.63) is 10.6 Å². The van der Waals surface area contributed by atoms with Crippen molar-refractivity contribution in [3.8, 4) is 0 Å². The summed E-state index contributed by atoms with van der Waals surface area (Å²) >= 11 is 1.85. The van der Waals surface area contributed by atoms with E-state index in [1.54, 1.807) is 0 Å². The lowest BCUT2D eigenvalue weighted by molar-refractivity contribution is 0.556. The number of hydrogen-bond donors (Lipinski definition) is 1. The summed E-state index contributed by atoms with van der Waals surface area (Å²) in [5.41, 5.74) is 1.36. The van der Waals surface area contributed by atoms with E-state index in [0.717, 1.165) is 30.7 Å². The molecule has 1 aromatic heterocycles. The predicted molar refractivity (Wildman–Crippen MR) is 95.5 cm³/mol. The van der Waals surface area contributed by atoms with Crippen LogP contribution in [0.1, 0.15) is 65.0 Å². The van der Waals surface area contributed by atoms with E-state index in [4.69, 9.17) is 4.98 Å². The normalized spacial score (nSPS) is 12.2. The molecule has 0 aromatic carbocycles. The second-order valence-electron chi connectivity index (χ2n) is 7.30. The molecule has 122 valence electrons. The number of nitrogens with one attached hydrogen (secondary N) is 1. The molecule has 1 aromatic rings. The van der Waals surface area contributed by atoms with Crippen molar-refractivity contribution < 1.29 is 0 Å². The summed E-state index contributed by atoms with van der Waals surface area (Å²) in [6.45, 7) is 16.6. The van der Waals surface area contributed by atoms with Crippen molar-refractivity contribution in [1.29, 1.82) is 0 Å². The highest BCUT2D eigenvalue weighted by atomic mass is 32.1. The van der Waals surface area contributed by atoms with Crippen LogP contribution in [0.3, 0.4) is 0 Å². The van der Waals surface area contributed by atoms with Crippen molar-refractivity contribution in [3.63, 3.8) is 0 Å². The quantitative estimate of drug-likeness (QED) is 0.720. The summed E-state index contributed by atoms with van der Waals surface area (Å²) in [7, 11) is 2.16. The Kier molecular flexibility index (Phi) is 7.14. The monoisotopic (exact) mass is 311 g/mol. The first-order valence-corrected chi connectivity index (χ1v) is 8.99. The molecule has 1 N–H and O–H groups in total. The fourth-order valence-electron chi connectivity index (χ4n) is 2.13. The van der Waals surface area contributed by atoms with Crippen molar-refractivity contribution in [2.75, 3.05) is 25.0 Å². The average Bonchev–Trinajstić information content (AvgIpc) is 2.80. The Labute approximate surface area is 135 Å². The highest BCUT2D eigenvalue weighted by Gasteiger charge is 2.24. The summed E-state index contributed by atoms with van der Waals surface area (Å²) in [4.78, 5) is 8.64. The van der Waals surface area contributed by atoms with E-state index in [2.05, 4.69) is 58.8 Å². The number of hydrogen-bond acceptors (Lipinski definition) is 4. The summed E-state index contributed by atoms with van der Waals surface area (Å²) in [6.07, 6.45) is 2.38. The Bertz CT molecular complexity index is 418. The van der Waals surface area contributed by atoms with Gasteiger partial charge in [-0.15, -0.1) is 11.3 Å².